The number of rotatable bonds is 5. The van der Waals surface area contributed by atoms with Crippen molar-refractivity contribution < 1.29 is 14.0 Å². The highest BCUT2D eigenvalue weighted by Gasteiger charge is 2.13. The summed E-state index contributed by atoms with van der Waals surface area (Å²) in [7, 11) is 0. The number of thiophene rings is 2. The number of hydrogen-bond donors (Lipinski definition) is 2. The Morgan fingerprint density at radius 2 is 1.79 bits per heavy atom. The quantitative estimate of drug-likeness (QED) is 0.658. The zero-order valence-corrected chi connectivity index (χ0v) is 14.0. The maximum Gasteiger partial charge on any atom is 0.319 e. The average Bonchev–Trinajstić information content (AvgIpc) is 3.26. The number of carbonyl (C=O) groups is 2. The van der Waals surface area contributed by atoms with Crippen molar-refractivity contribution in [1.82, 2.24) is 5.32 Å². The van der Waals surface area contributed by atoms with E-state index in [0.717, 1.165) is 4.88 Å². The van der Waals surface area contributed by atoms with Crippen molar-refractivity contribution in [2.75, 3.05) is 5.32 Å². The summed E-state index contributed by atoms with van der Waals surface area (Å²) in [6.45, 7) is 0.315. The van der Waals surface area contributed by atoms with E-state index in [4.69, 9.17) is 0 Å². The Kier molecular flexibility index (Phi) is 5.02. The lowest BCUT2D eigenvalue weighted by Gasteiger charge is -2.06. The fourth-order valence-corrected chi connectivity index (χ4v) is 3.64. The molecule has 4 nitrogen and oxygen atoms in total. The number of ketones is 1. The van der Waals surface area contributed by atoms with E-state index in [1.807, 2.05) is 17.5 Å². The number of carbonyl (C=O) groups excluding carboxylic acids is 2. The highest BCUT2D eigenvalue weighted by Crippen LogP contribution is 2.22. The minimum absolute atomic E-state index is 0.00277. The largest absolute Gasteiger partial charge is 0.333 e. The van der Waals surface area contributed by atoms with Gasteiger partial charge in [0.2, 0.25) is 5.78 Å². The third kappa shape index (κ3) is 4.06. The van der Waals surface area contributed by atoms with Gasteiger partial charge in [-0.25, -0.2) is 9.18 Å². The van der Waals surface area contributed by atoms with Crippen molar-refractivity contribution in [2.45, 2.75) is 6.54 Å². The first kappa shape index (κ1) is 16.4. The molecule has 0 unspecified atom stereocenters. The Morgan fingerprint density at radius 3 is 2.50 bits per heavy atom. The minimum atomic E-state index is -0.388. The van der Waals surface area contributed by atoms with Crippen molar-refractivity contribution in [3.63, 3.8) is 0 Å². The van der Waals surface area contributed by atoms with Crippen LogP contribution in [-0.2, 0) is 6.54 Å². The zero-order chi connectivity index (χ0) is 16.9. The number of amides is 2. The van der Waals surface area contributed by atoms with Gasteiger partial charge in [0.25, 0.3) is 0 Å². The molecule has 0 saturated heterocycles. The molecule has 0 aliphatic rings. The van der Waals surface area contributed by atoms with Gasteiger partial charge in [-0.3, -0.25) is 4.79 Å². The van der Waals surface area contributed by atoms with Crippen molar-refractivity contribution in [1.29, 1.82) is 0 Å². The van der Waals surface area contributed by atoms with Gasteiger partial charge in [0.15, 0.2) is 0 Å². The maximum atomic E-state index is 12.8. The van der Waals surface area contributed by atoms with E-state index in [1.165, 1.54) is 46.9 Å². The second-order valence-corrected chi connectivity index (χ2v) is 7.00. The van der Waals surface area contributed by atoms with Gasteiger partial charge in [0, 0.05) is 10.6 Å². The Labute approximate surface area is 146 Å². The lowest BCUT2D eigenvalue weighted by molar-refractivity contribution is 0.104. The standard InChI is InChI=1S/C17H13FN2O2S2/c18-11-3-5-12(6-4-11)20-17(22)19-10-13-7-8-15(24-13)16(21)14-2-1-9-23-14/h1-9H,10H2,(H2,19,20,22). The predicted octanol–water partition coefficient (Wildman–Crippen LogP) is 4.50. The first-order valence-corrected chi connectivity index (χ1v) is 8.79. The van der Waals surface area contributed by atoms with Crippen molar-refractivity contribution in [3.05, 3.63) is 74.4 Å². The Hall–Kier alpha value is -2.51. The highest BCUT2D eigenvalue weighted by atomic mass is 32.1. The van der Waals surface area contributed by atoms with Gasteiger partial charge in [-0.05, 0) is 47.8 Å². The Morgan fingerprint density at radius 1 is 1.00 bits per heavy atom. The van der Waals surface area contributed by atoms with Gasteiger partial charge in [-0.2, -0.15) is 0 Å². The number of benzene rings is 1. The molecule has 0 radical (unpaired) electrons. The summed E-state index contributed by atoms with van der Waals surface area (Å²) in [5, 5.41) is 7.19. The monoisotopic (exact) mass is 360 g/mol. The van der Waals surface area contributed by atoms with Crippen LogP contribution in [0.1, 0.15) is 19.4 Å². The van der Waals surface area contributed by atoms with Gasteiger partial charge in [-0.15, -0.1) is 22.7 Å². The topological polar surface area (TPSA) is 58.2 Å². The summed E-state index contributed by atoms with van der Waals surface area (Å²) in [5.74, 6) is -0.362. The number of halogens is 1. The fraction of sp³-hybridized carbons (Fsp3) is 0.0588. The molecule has 24 heavy (non-hydrogen) atoms. The van der Waals surface area contributed by atoms with E-state index in [0.29, 0.717) is 22.0 Å². The zero-order valence-electron chi connectivity index (χ0n) is 12.4. The van der Waals surface area contributed by atoms with Crippen molar-refractivity contribution in [3.8, 4) is 0 Å². The fourth-order valence-electron chi connectivity index (χ4n) is 2.00. The van der Waals surface area contributed by atoms with Crippen LogP contribution in [0.2, 0.25) is 0 Å². The van der Waals surface area contributed by atoms with Gasteiger partial charge < -0.3 is 10.6 Å². The molecule has 3 rings (SSSR count). The number of nitrogens with one attached hydrogen (secondary N) is 2. The van der Waals surface area contributed by atoms with Crippen LogP contribution in [0.5, 0.6) is 0 Å². The smallest absolute Gasteiger partial charge is 0.319 e. The Balaban J connectivity index is 1.54. The number of anilines is 1. The lowest BCUT2D eigenvalue weighted by atomic mass is 10.3. The third-order valence-corrected chi connectivity index (χ3v) is 5.11. The van der Waals surface area contributed by atoms with Crippen LogP contribution in [-0.4, -0.2) is 11.8 Å². The summed E-state index contributed by atoms with van der Waals surface area (Å²) >= 11 is 2.76. The predicted molar refractivity (Wildman–Crippen MR) is 94.3 cm³/mol. The summed E-state index contributed by atoms with van der Waals surface area (Å²) in [6.07, 6.45) is 0. The summed E-state index contributed by atoms with van der Waals surface area (Å²) in [4.78, 5) is 26.3. The van der Waals surface area contributed by atoms with Crippen LogP contribution in [0.3, 0.4) is 0 Å². The van der Waals surface area contributed by atoms with E-state index in [1.54, 1.807) is 12.1 Å². The van der Waals surface area contributed by atoms with E-state index >= 15 is 0 Å². The number of hydrogen-bond acceptors (Lipinski definition) is 4. The van der Waals surface area contributed by atoms with E-state index < -0.39 is 0 Å². The van der Waals surface area contributed by atoms with E-state index in [2.05, 4.69) is 10.6 Å². The summed E-state index contributed by atoms with van der Waals surface area (Å²) in [6, 6.07) is 12.4. The minimum Gasteiger partial charge on any atom is -0.333 e. The molecule has 3 aromatic rings. The van der Waals surface area contributed by atoms with Gasteiger partial charge in [0.1, 0.15) is 5.82 Å². The van der Waals surface area contributed by atoms with Crippen LogP contribution in [0, 0.1) is 5.82 Å². The van der Waals surface area contributed by atoms with Crippen LogP contribution in [0.4, 0.5) is 14.9 Å². The molecule has 0 bridgehead atoms. The SMILES string of the molecule is O=C(NCc1ccc(C(=O)c2cccs2)s1)Nc1ccc(F)cc1. The van der Waals surface area contributed by atoms with Gasteiger partial charge in [0.05, 0.1) is 16.3 Å². The first-order chi connectivity index (χ1) is 11.6. The van der Waals surface area contributed by atoms with Crippen LogP contribution >= 0.6 is 22.7 Å². The molecule has 0 fully saturated rings. The molecule has 0 atom stereocenters. The summed E-state index contributed by atoms with van der Waals surface area (Å²) in [5.41, 5.74) is 0.508. The van der Waals surface area contributed by atoms with E-state index in [9.17, 15) is 14.0 Å². The highest BCUT2D eigenvalue weighted by molar-refractivity contribution is 7.16. The van der Waals surface area contributed by atoms with Crippen LogP contribution in [0.15, 0.2) is 53.9 Å². The molecule has 2 amide bonds. The molecule has 1 aromatic carbocycles. The lowest BCUT2D eigenvalue weighted by Crippen LogP contribution is -2.27. The molecule has 0 aliphatic heterocycles. The molecule has 0 aliphatic carbocycles. The van der Waals surface area contributed by atoms with Crippen LogP contribution < -0.4 is 10.6 Å². The second-order valence-electron chi connectivity index (χ2n) is 4.89. The Bertz CT molecular complexity index is 842. The van der Waals surface area contributed by atoms with Crippen molar-refractivity contribution >= 4 is 40.2 Å². The molecule has 7 heteroatoms. The van der Waals surface area contributed by atoms with Gasteiger partial charge in [-0.1, -0.05) is 6.07 Å². The van der Waals surface area contributed by atoms with E-state index in [-0.39, 0.29) is 17.6 Å². The second kappa shape index (κ2) is 7.37. The van der Waals surface area contributed by atoms with Crippen molar-refractivity contribution in [2.24, 2.45) is 0 Å². The van der Waals surface area contributed by atoms with Crippen LogP contribution in [0.25, 0.3) is 0 Å². The normalized spacial score (nSPS) is 10.4. The number of urea groups is 1. The molecule has 0 spiro atoms. The van der Waals surface area contributed by atoms with Gasteiger partial charge >= 0.3 is 6.03 Å². The third-order valence-electron chi connectivity index (χ3n) is 3.16. The maximum absolute atomic E-state index is 12.8. The summed E-state index contributed by atoms with van der Waals surface area (Å²) < 4.78 is 12.8. The molecule has 2 heterocycles. The molecular formula is C17H13FN2O2S2. The molecule has 2 aromatic heterocycles. The molecule has 0 saturated carbocycles. The molecule has 2 N–H and O–H groups in total. The average molecular weight is 360 g/mol. The first-order valence-electron chi connectivity index (χ1n) is 7.09. The molecular weight excluding hydrogens is 347 g/mol. The molecule has 122 valence electrons.